The molecule has 3 aromatic carbocycles. The summed E-state index contributed by atoms with van der Waals surface area (Å²) in [5.74, 6) is 0.595. The molecule has 1 saturated heterocycles. The minimum absolute atomic E-state index is 0.109. The predicted molar refractivity (Wildman–Crippen MR) is 134 cm³/mol. The Morgan fingerprint density at radius 1 is 1.06 bits per heavy atom. The van der Waals surface area contributed by atoms with E-state index in [-0.39, 0.29) is 5.91 Å². The highest BCUT2D eigenvalue weighted by Gasteiger charge is 2.33. The van der Waals surface area contributed by atoms with Crippen molar-refractivity contribution in [1.29, 1.82) is 0 Å². The molecule has 156 valence electrons. The summed E-state index contributed by atoms with van der Waals surface area (Å²) in [5.41, 5.74) is 3.57. The van der Waals surface area contributed by atoms with Gasteiger partial charge in [-0.25, -0.2) is 0 Å². The highest BCUT2D eigenvalue weighted by atomic mass is 35.5. The van der Waals surface area contributed by atoms with E-state index in [1.165, 1.54) is 11.8 Å². The third-order valence-corrected chi connectivity index (χ3v) is 6.63. The van der Waals surface area contributed by atoms with Crippen molar-refractivity contribution in [2.45, 2.75) is 13.5 Å². The molecule has 1 aliphatic heterocycles. The Kier molecular flexibility index (Phi) is 6.68. The van der Waals surface area contributed by atoms with Crippen molar-refractivity contribution in [2.75, 3.05) is 4.90 Å². The van der Waals surface area contributed by atoms with Crippen molar-refractivity contribution in [1.82, 2.24) is 0 Å². The van der Waals surface area contributed by atoms with Crippen molar-refractivity contribution >= 4 is 69.2 Å². The number of halogens is 2. The van der Waals surface area contributed by atoms with Gasteiger partial charge in [0.15, 0.2) is 4.32 Å². The van der Waals surface area contributed by atoms with Gasteiger partial charge in [-0.2, -0.15) is 0 Å². The molecular weight excluding hydrogens is 469 g/mol. The first-order chi connectivity index (χ1) is 14.9. The number of hydrogen-bond acceptors (Lipinski definition) is 4. The molecule has 0 unspecified atom stereocenters. The fourth-order valence-corrected chi connectivity index (χ4v) is 4.85. The van der Waals surface area contributed by atoms with Crippen molar-refractivity contribution < 1.29 is 9.53 Å². The van der Waals surface area contributed by atoms with Crippen molar-refractivity contribution in [3.8, 4) is 5.75 Å². The third kappa shape index (κ3) is 4.96. The molecule has 4 rings (SSSR count). The number of thioether (sulfide) groups is 1. The molecule has 0 bridgehead atoms. The molecule has 31 heavy (non-hydrogen) atoms. The van der Waals surface area contributed by atoms with E-state index in [4.69, 9.17) is 40.2 Å². The molecule has 0 atom stereocenters. The Labute approximate surface area is 200 Å². The minimum atomic E-state index is -0.109. The zero-order valence-corrected chi connectivity index (χ0v) is 19.6. The summed E-state index contributed by atoms with van der Waals surface area (Å²) in [6.45, 7) is 2.30. The highest BCUT2D eigenvalue weighted by molar-refractivity contribution is 8.27. The van der Waals surface area contributed by atoms with Gasteiger partial charge in [-0.1, -0.05) is 83.6 Å². The summed E-state index contributed by atoms with van der Waals surface area (Å²) in [6.07, 6.45) is 1.84. The average molecular weight is 486 g/mol. The number of thiocarbonyl (C=S) groups is 1. The molecular formula is C24H17Cl2NO2S2. The topological polar surface area (TPSA) is 29.5 Å². The number of nitrogens with zero attached hydrogens (tertiary/aromatic N) is 1. The van der Waals surface area contributed by atoms with E-state index in [2.05, 4.69) is 0 Å². The van der Waals surface area contributed by atoms with Crippen LogP contribution in [0, 0.1) is 6.92 Å². The predicted octanol–water partition coefficient (Wildman–Crippen LogP) is 7.29. The number of carbonyl (C=O) groups is 1. The normalized spacial score (nSPS) is 15.1. The molecule has 1 heterocycles. The van der Waals surface area contributed by atoms with Crippen LogP contribution in [0.2, 0.25) is 10.0 Å². The molecule has 0 saturated carbocycles. The SMILES string of the molecule is Cc1ccccc1N1C(=O)/C(=C\c2ccc(OCc3ccc(Cl)cc3Cl)cc2)SC1=S. The number of aryl methyl sites for hydroxylation is 1. The van der Waals surface area contributed by atoms with Crippen LogP contribution in [0.1, 0.15) is 16.7 Å². The van der Waals surface area contributed by atoms with Crippen LogP contribution in [0.5, 0.6) is 5.75 Å². The molecule has 7 heteroatoms. The second-order valence-electron chi connectivity index (χ2n) is 6.90. The molecule has 3 nitrogen and oxygen atoms in total. The third-order valence-electron chi connectivity index (χ3n) is 4.74. The number of benzene rings is 3. The summed E-state index contributed by atoms with van der Waals surface area (Å²) in [4.78, 5) is 15.1. The second-order valence-corrected chi connectivity index (χ2v) is 9.42. The van der Waals surface area contributed by atoms with Gasteiger partial charge >= 0.3 is 0 Å². The number of hydrogen-bond donors (Lipinski definition) is 0. The number of anilines is 1. The first kappa shape index (κ1) is 21.9. The molecule has 0 N–H and O–H groups in total. The van der Waals surface area contributed by atoms with E-state index in [1.54, 1.807) is 17.0 Å². The van der Waals surface area contributed by atoms with Gasteiger partial charge in [0, 0.05) is 15.6 Å². The lowest BCUT2D eigenvalue weighted by atomic mass is 10.1. The Hall–Kier alpha value is -2.31. The van der Waals surface area contributed by atoms with Crippen molar-refractivity contribution in [3.05, 3.63) is 98.4 Å². The van der Waals surface area contributed by atoms with E-state index >= 15 is 0 Å². The van der Waals surface area contributed by atoms with E-state index in [1.807, 2.05) is 67.6 Å². The van der Waals surface area contributed by atoms with E-state index in [0.717, 1.165) is 22.4 Å². The molecule has 1 aliphatic rings. The zero-order valence-electron chi connectivity index (χ0n) is 16.5. The van der Waals surface area contributed by atoms with Gasteiger partial charge < -0.3 is 4.74 Å². The summed E-state index contributed by atoms with van der Waals surface area (Å²) in [7, 11) is 0. The van der Waals surface area contributed by atoms with Gasteiger partial charge in [-0.3, -0.25) is 9.69 Å². The largest absolute Gasteiger partial charge is 0.489 e. The highest BCUT2D eigenvalue weighted by Crippen LogP contribution is 2.37. The molecule has 0 spiro atoms. The first-order valence-electron chi connectivity index (χ1n) is 9.43. The summed E-state index contributed by atoms with van der Waals surface area (Å²) >= 11 is 18.9. The number of carbonyl (C=O) groups excluding carboxylic acids is 1. The Morgan fingerprint density at radius 3 is 2.52 bits per heavy atom. The standard InChI is InChI=1S/C24H17Cl2NO2S2/c1-15-4-2-3-5-21(15)27-23(28)22(31-24(27)30)12-16-6-10-19(11-7-16)29-14-17-8-9-18(25)13-20(17)26/h2-13H,14H2,1H3/b22-12+. The minimum Gasteiger partial charge on any atom is -0.489 e. The van der Waals surface area contributed by atoms with Crippen LogP contribution in [-0.4, -0.2) is 10.2 Å². The van der Waals surface area contributed by atoms with Crippen molar-refractivity contribution in [3.63, 3.8) is 0 Å². The van der Waals surface area contributed by atoms with Crippen LogP contribution in [0.15, 0.2) is 71.6 Å². The van der Waals surface area contributed by atoms with Crippen LogP contribution >= 0.6 is 47.2 Å². The van der Waals surface area contributed by atoms with Gasteiger partial charge in [0.1, 0.15) is 12.4 Å². The quantitative estimate of drug-likeness (QED) is 0.280. The summed E-state index contributed by atoms with van der Waals surface area (Å²) in [6, 6.07) is 20.6. The average Bonchev–Trinajstić information content (AvgIpc) is 3.02. The number of para-hydroxylation sites is 1. The van der Waals surface area contributed by atoms with Gasteiger partial charge in [0.25, 0.3) is 5.91 Å². The Balaban J connectivity index is 1.46. The molecule has 1 amide bonds. The fraction of sp³-hybridized carbons (Fsp3) is 0.0833. The van der Waals surface area contributed by atoms with E-state index in [0.29, 0.717) is 31.6 Å². The van der Waals surface area contributed by atoms with Gasteiger partial charge in [-0.05, 0) is 54.5 Å². The molecule has 1 fully saturated rings. The lowest BCUT2D eigenvalue weighted by Crippen LogP contribution is -2.28. The maximum Gasteiger partial charge on any atom is 0.270 e. The fourth-order valence-electron chi connectivity index (χ4n) is 3.10. The summed E-state index contributed by atoms with van der Waals surface area (Å²) in [5, 5.41) is 1.16. The Bertz CT molecular complexity index is 1190. The zero-order chi connectivity index (χ0) is 22.0. The lowest BCUT2D eigenvalue weighted by Gasteiger charge is -2.16. The van der Waals surface area contributed by atoms with Crippen LogP contribution in [-0.2, 0) is 11.4 Å². The first-order valence-corrected chi connectivity index (χ1v) is 11.4. The Morgan fingerprint density at radius 2 is 1.81 bits per heavy atom. The van der Waals surface area contributed by atoms with E-state index < -0.39 is 0 Å². The second kappa shape index (κ2) is 9.45. The van der Waals surface area contributed by atoms with Gasteiger partial charge in [0.05, 0.1) is 10.6 Å². The van der Waals surface area contributed by atoms with Crippen LogP contribution in [0.25, 0.3) is 6.08 Å². The molecule has 3 aromatic rings. The maximum atomic E-state index is 13.0. The van der Waals surface area contributed by atoms with Crippen molar-refractivity contribution in [2.24, 2.45) is 0 Å². The molecule has 0 aliphatic carbocycles. The van der Waals surface area contributed by atoms with Gasteiger partial charge in [-0.15, -0.1) is 0 Å². The van der Waals surface area contributed by atoms with Gasteiger partial charge in [0.2, 0.25) is 0 Å². The van der Waals surface area contributed by atoms with E-state index in [9.17, 15) is 4.79 Å². The maximum absolute atomic E-state index is 13.0. The molecule has 0 aromatic heterocycles. The van der Waals surface area contributed by atoms with Crippen LogP contribution in [0.4, 0.5) is 5.69 Å². The number of rotatable bonds is 5. The number of ether oxygens (including phenoxy) is 1. The lowest BCUT2D eigenvalue weighted by molar-refractivity contribution is -0.113. The monoisotopic (exact) mass is 485 g/mol. The van der Waals surface area contributed by atoms with Crippen LogP contribution in [0.3, 0.4) is 0 Å². The smallest absolute Gasteiger partial charge is 0.270 e. The number of amides is 1. The summed E-state index contributed by atoms with van der Waals surface area (Å²) < 4.78 is 6.35. The molecule has 0 radical (unpaired) electrons. The van der Waals surface area contributed by atoms with Crippen LogP contribution < -0.4 is 9.64 Å².